The van der Waals surface area contributed by atoms with E-state index in [1.807, 2.05) is 0 Å². The van der Waals surface area contributed by atoms with Crippen LogP contribution in [-0.4, -0.2) is 19.3 Å². The van der Waals surface area contributed by atoms with Gasteiger partial charge < -0.3 is 9.05 Å². The normalized spacial score (nSPS) is 17.2. The van der Waals surface area contributed by atoms with E-state index in [9.17, 15) is 4.57 Å². The van der Waals surface area contributed by atoms with E-state index >= 15 is 0 Å². The van der Waals surface area contributed by atoms with Crippen molar-refractivity contribution >= 4 is 19.2 Å². The largest absolute Gasteiger partial charge is 0.345 e. The summed E-state index contributed by atoms with van der Waals surface area (Å²) >= 11 is 5.27. The van der Waals surface area contributed by atoms with E-state index in [2.05, 4.69) is 4.52 Å². The van der Waals surface area contributed by atoms with Gasteiger partial charge in [-0.15, -0.1) is 11.6 Å². The van der Waals surface area contributed by atoms with Crippen LogP contribution in [0.25, 0.3) is 0 Å². The van der Waals surface area contributed by atoms with Crippen LogP contribution >= 0.6 is 19.2 Å². The number of rotatable bonds is 4. The molecule has 0 aromatic rings. The lowest BCUT2D eigenvalue weighted by molar-refractivity contribution is 0.248. The van der Waals surface area contributed by atoms with Gasteiger partial charge in [-0.25, -0.2) is 0 Å². The molecule has 0 amide bonds. The molecule has 0 aliphatic carbocycles. The molecule has 0 aromatic carbocycles. The molecule has 0 bridgehead atoms. The van der Waals surface area contributed by atoms with E-state index in [1.54, 1.807) is 6.92 Å². The molecule has 5 heteroatoms. The van der Waals surface area contributed by atoms with E-state index < -0.39 is 7.60 Å². The predicted octanol–water partition coefficient (Wildman–Crippen LogP) is 2.06. The lowest BCUT2D eigenvalue weighted by atomic mass is 10.9. The Balaban J connectivity index is 3.78. The van der Waals surface area contributed by atoms with Gasteiger partial charge in [0.05, 0.1) is 6.61 Å². The van der Waals surface area contributed by atoms with E-state index in [0.29, 0.717) is 6.61 Å². The smallest absolute Gasteiger partial charge is 0.311 e. The number of hydrogen-bond acceptors (Lipinski definition) is 3. The molecule has 0 saturated heterocycles. The standard InChI is InChI=1S/C4H10ClO3P/c1-3-8-9(6,4-5)7-2/h3-4H2,1-2H3/t9-/m0/s1. The van der Waals surface area contributed by atoms with Gasteiger partial charge in [-0.2, -0.15) is 0 Å². The Morgan fingerprint density at radius 3 is 2.33 bits per heavy atom. The fourth-order valence-electron chi connectivity index (χ4n) is 0.333. The zero-order chi connectivity index (χ0) is 7.33. The summed E-state index contributed by atoms with van der Waals surface area (Å²) in [5.41, 5.74) is -0.0860. The van der Waals surface area contributed by atoms with Gasteiger partial charge in [0.15, 0.2) is 0 Å². The van der Waals surface area contributed by atoms with Crippen molar-refractivity contribution in [1.82, 2.24) is 0 Å². The van der Waals surface area contributed by atoms with Gasteiger partial charge in [-0.3, -0.25) is 4.57 Å². The molecule has 0 N–H and O–H groups in total. The molecule has 0 aromatic heterocycles. The van der Waals surface area contributed by atoms with Crippen LogP contribution in [-0.2, 0) is 13.6 Å². The molecule has 3 nitrogen and oxygen atoms in total. The van der Waals surface area contributed by atoms with Gasteiger partial charge in [0.2, 0.25) is 0 Å². The molecule has 0 spiro atoms. The molecule has 0 radical (unpaired) electrons. The van der Waals surface area contributed by atoms with Crippen LogP contribution < -0.4 is 0 Å². The van der Waals surface area contributed by atoms with E-state index in [1.165, 1.54) is 7.11 Å². The summed E-state index contributed by atoms with van der Waals surface area (Å²) < 4.78 is 20.2. The predicted molar refractivity (Wildman–Crippen MR) is 37.0 cm³/mol. The van der Waals surface area contributed by atoms with Gasteiger partial charge in [0, 0.05) is 7.11 Å². The molecule has 56 valence electrons. The number of halogens is 1. The fourth-order valence-corrected chi connectivity index (χ4v) is 1.50. The third-order valence-corrected chi connectivity index (χ3v) is 3.13. The van der Waals surface area contributed by atoms with Crippen LogP contribution in [0.4, 0.5) is 0 Å². The van der Waals surface area contributed by atoms with Crippen molar-refractivity contribution < 1.29 is 13.6 Å². The molecule has 0 aliphatic rings. The average Bonchev–Trinajstić information content (AvgIpc) is 1.89. The SMILES string of the molecule is CCO[P@](=O)(CCl)OC. The van der Waals surface area contributed by atoms with Crippen molar-refractivity contribution in [2.24, 2.45) is 0 Å². The summed E-state index contributed by atoms with van der Waals surface area (Å²) in [7, 11) is -1.60. The molecular weight excluding hydrogens is 162 g/mol. The number of hydrogen-bond donors (Lipinski definition) is 0. The summed E-state index contributed by atoms with van der Waals surface area (Å²) in [6.45, 7) is 2.09. The molecule has 9 heavy (non-hydrogen) atoms. The van der Waals surface area contributed by atoms with Crippen LogP contribution in [0.2, 0.25) is 0 Å². The molecule has 0 saturated carbocycles. The average molecular weight is 173 g/mol. The van der Waals surface area contributed by atoms with E-state index in [-0.39, 0.29) is 5.62 Å². The summed E-state index contributed by atoms with van der Waals surface area (Å²) in [6, 6.07) is 0. The summed E-state index contributed by atoms with van der Waals surface area (Å²) in [4.78, 5) is 0. The Labute approximate surface area is 59.8 Å². The van der Waals surface area contributed by atoms with Crippen molar-refractivity contribution in [1.29, 1.82) is 0 Å². The molecule has 1 atom stereocenters. The highest BCUT2D eigenvalue weighted by atomic mass is 35.5. The quantitative estimate of drug-likeness (QED) is 0.481. The maximum absolute atomic E-state index is 11.0. The Morgan fingerprint density at radius 1 is 1.67 bits per heavy atom. The molecule has 0 unspecified atom stereocenters. The zero-order valence-electron chi connectivity index (χ0n) is 5.46. The molecule has 0 rings (SSSR count). The van der Waals surface area contributed by atoms with E-state index in [4.69, 9.17) is 16.1 Å². The highest BCUT2D eigenvalue weighted by Gasteiger charge is 2.19. The zero-order valence-corrected chi connectivity index (χ0v) is 7.11. The molecule has 0 heterocycles. The topological polar surface area (TPSA) is 35.5 Å². The Hall–Kier alpha value is 0.440. The minimum atomic E-state index is -2.92. The molecular formula is C4H10ClO3P. The first-order valence-corrected chi connectivity index (χ1v) is 4.80. The first kappa shape index (κ1) is 9.44. The molecule has 0 aliphatic heterocycles. The Kier molecular flexibility index (Phi) is 4.50. The van der Waals surface area contributed by atoms with Crippen LogP contribution in [0.5, 0.6) is 0 Å². The van der Waals surface area contributed by atoms with Gasteiger partial charge in [-0.1, -0.05) is 0 Å². The second kappa shape index (κ2) is 4.29. The third kappa shape index (κ3) is 3.21. The molecule has 0 fully saturated rings. The van der Waals surface area contributed by atoms with Crippen LogP contribution in [0.15, 0.2) is 0 Å². The Bertz CT molecular complexity index is 108. The monoisotopic (exact) mass is 172 g/mol. The second-order valence-corrected chi connectivity index (χ2v) is 4.13. The van der Waals surface area contributed by atoms with Crippen LogP contribution in [0.3, 0.4) is 0 Å². The second-order valence-electron chi connectivity index (χ2n) is 1.33. The van der Waals surface area contributed by atoms with Gasteiger partial charge in [0.25, 0.3) is 0 Å². The maximum Gasteiger partial charge on any atom is 0.345 e. The minimum Gasteiger partial charge on any atom is -0.311 e. The van der Waals surface area contributed by atoms with E-state index in [0.717, 1.165) is 0 Å². The summed E-state index contributed by atoms with van der Waals surface area (Å²) in [5.74, 6) is 0. The van der Waals surface area contributed by atoms with Gasteiger partial charge in [-0.05, 0) is 6.92 Å². The van der Waals surface area contributed by atoms with Crippen LogP contribution in [0.1, 0.15) is 6.92 Å². The lowest BCUT2D eigenvalue weighted by Crippen LogP contribution is -1.92. The van der Waals surface area contributed by atoms with Gasteiger partial charge in [0.1, 0.15) is 5.62 Å². The highest BCUT2D eigenvalue weighted by molar-refractivity contribution is 7.55. The van der Waals surface area contributed by atoms with Crippen molar-refractivity contribution in [3.63, 3.8) is 0 Å². The fraction of sp³-hybridized carbons (Fsp3) is 1.00. The van der Waals surface area contributed by atoms with Crippen molar-refractivity contribution in [3.05, 3.63) is 0 Å². The van der Waals surface area contributed by atoms with Crippen molar-refractivity contribution in [2.75, 3.05) is 19.3 Å². The minimum absolute atomic E-state index is 0.0860. The summed E-state index contributed by atoms with van der Waals surface area (Å²) in [6.07, 6.45) is 0. The lowest BCUT2D eigenvalue weighted by Gasteiger charge is -2.10. The first-order valence-electron chi connectivity index (χ1n) is 2.54. The first-order chi connectivity index (χ1) is 4.18. The maximum atomic E-state index is 11.0. The third-order valence-electron chi connectivity index (χ3n) is 0.750. The Morgan fingerprint density at radius 2 is 2.22 bits per heavy atom. The number of alkyl halides is 1. The van der Waals surface area contributed by atoms with Gasteiger partial charge >= 0.3 is 7.60 Å². The van der Waals surface area contributed by atoms with Crippen molar-refractivity contribution in [2.45, 2.75) is 6.92 Å². The van der Waals surface area contributed by atoms with Crippen molar-refractivity contribution in [3.8, 4) is 0 Å². The van der Waals surface area contributed by atoms with Crippen LogP contribution in [0, 0.1) is 0 Å². The summed E-state index contributed by atoms with van der Waals surface area (Å²) in [5, 5.41) is 0. The highest BCUT2D eigenvalue weighted by Crippen LogP contribution is 2.47.